The second-order valence-electron chi connectivity index (χ2n) is 3.82. The van der Waals surface area contributed by atoms with Crippen molar-refractivity contribution >= 4 is 17.3 Å². The SMILES string of the molecule is O=C(O)C1=CN2C=CNc3cccc(c32)C1. The van der Waals surface area contributed by atoms with Crippen molar-refractivity contribution in [3.63, 3.8) is 0 Å². The average molecular weight is 214 g/mol. The molecule has 80 valence electrons. The monoisotopic (exact) mass is 214 g/mol. The molecule has 0 fully saturated rings. The van der Waals surface area contributed by atoms with Gasteiger partial charge in [0.2, 0.25) is 0 Å². The van der Waals surface area contributed by atoms with Crippen molar-refractivity contribution in [2.24, 2.45) is 0 Å². The summed E-state index contributed by atoms with van der Waals surface area (Å²) in [6.07, 6.45) is 5.78. The predicted octanol–water partition coefficient (Wildman–Crippen LogP) is 1.91. The number of nitrogens with zero attached hydrogens (tertiary/aromatic N) is 1. The number of aliphatic carboxylic acids is 1. The van der Waals surface area contributed by atoms with Gasteiger partial charge in [-0.2, -0.15) is 0 Å². The maximum atomic E-state index is 11.0. The molecule has 3 rings (SSSR count). The van der Waals surface area contributed by atoms with Gasteiger partial charge >= 0.3 is 5.97 Å². The molecule has 0 atom stereocenters. The van der Waals surface area contributed by atoms with E-state index >= 15 is 0 Å². The normalized spacial score (nSPS) is 16.2. The highest BCUT2D eigenvalue weighted by Crippen LogP contribution is 2.37. The number of rotatable bonds is 1. The van der Waals surface area contributed by atoms with E-state index in [2.05, 4.69) is 5.32 Å². The highest BCUT2D eigenvalue weighted by atomic mass is 16.4. The third-order valence-corrected chi connectivity index (χ3v) is 2.80. The van der Waals surface area contributed by atoms with Crippen molar-refractivity contribution in [3.05, 3.63) is 47.9 Å². The van der Waals surface area contributed by atoms with Gasteiger partial charge in [-0.3, -0.25) is 0 Å². The summed E-state index contributed by atoms with van der Waals surface area (Å²) in [6.45, 7) is 0. The van der Waals surface area contributed by atoms with Gasteiger partial charge in [0.15, 0.2) is 0 Å². The number of para-hydroxylation sites is 1. The fraction of sp³-hybridized carbons (Fsp3) is 0.0833. The molecule has 1 aromatic rings. The largest absolute Gasteiger partial charge is 0.478 e. The smallest absolute Gasteiger partial charge is 0.333 e. The summed E-state index contributed by atoms with van der Waals surface area (Å²) in [5.41, 5.74) is 3.51. The molecule has 0 saturated heterocycles. The van der Waals surface area contributed by atoms with E-state index < -0.39 is 5.97 Å². The van der Waals surface area contributed by atoms with E-state index in [0.717, 1.165) is 16.9 Å². The first-order valence-electron chi connectivity index (χ1n) is 5.03. The molecule has 0 bridgehead atoms. The minimum atomic E-state index is -0.858. The van der Waals surface area contributed by atoms with Crippen LogP contribution in [0.25, 0.3) is 0 Å². The lowest BCUT2D eigenvalue weighted by Gasteiger charge is -2.30. The van der Waals surface area contributed by atoms with Crippen LogP contribution >= 0.6 is 0 Å². The fourth-order valence-corrected chi connectivity index (χ4v) is 2.09. The molecule has 1 aromatic carbocycles. The Morgan fingerprint density at radius 3 is 3.12 bits per heavy atom. The molecule has 16 heavy (non-hydrogen) atoms. The standard InChI is InChI=1S/C12H10N2O2/c15-12(16)9-6-8-2-1-3-10-11(8)14(7-9)5-4-13-10/h1-5,7,13H,6H2,(H,15,16). The molecule has 4 heteroatoms. The summed E-state index contributed by atoms with van der Waals surface area (Å²) >= 11 is 0. The molecule has 4 nitrogen and oxygen atoms in total. The number of carboxylic acid groups (broad SMARTS) is 1. The Kier molecular flexibility index (Phi) is 1.77. The average Bonchev–Trinajstić information content (AvgIpc) is 2.29. The van der Waals surface area contributed by atoms with Gasteiger partial charge in [0.1, 0.15) is 0 Å². The van der Waals surface area contributed by atoms with Gasteiger partial charge in [-0.15, -0.1) is 0 Å². The lowest BCUT2D eigenvalue weighted by molar-refractivity contribution is -0.132. The molecule has 0 spiro atoms. The van der Waals surface area contributed by atoms with E-state index in [9.17, 15) is 4.79 Å². The van der Waals surface area contributed by atoms with Crippen molar-refractivity contribution in [3.8, 4) is 0 Å². The molecule has 0 radical (unpaired) electrons. The van der Waals surface area contributed by atoms with E-state index in [1.807, 2.05) is 29.3 Å². The maximum Gasteiger partial charge on any atom is 0.333 e. The van der Waals surface area contributed by atoms with Crippen molar-refractivity contribution < 1.29 is 9.90 Å². The first-order chi connectivity index (χ1) is 7.75. The van der Waals surface area contributed by atoms with Gasteiger partial charge < -0.3 is 15.3 Å². The number of carboxylic acids is 1. The van der Waals surface area contributed by atoms with Crippen molar-refractivity contribution in [2.45, 2.75) is 6.42 Å². The molecule has 0 aliphatic carbocycles. The van der Waals surface area contributed by atoms with Crippen molar-refractivity contribution in [1.82, 2.24) is 0 Å². The Hall–Kier alpha value is -2.23. The van der Waals surface area contributed by atoms with Crippen LogP contribution in [0.15, 0.2) is 42.4 Å². The van der Waals surface area contributed by atoms with Gasteiger partial charge in [0.25, 0.3) is 0 Å². The van der Waals surface area contributed by atoms with Gasteiger partial charge in [0, 0.05) is 25.0 Å². The lowest BCUT2D eigenvalue weighted by atomic mass is 9.98. The number of carbonyl (C=O) groups is 1. The fourth-order valence-electron chi connectivity index (χ4n) is 2.09. The Bertz CT molecular complexity index is 532. The van der Waals surface area contributed by atoms with Crippen LogP contribution in [0.5, 0.6) is 0 Å². The lowest BCUT2D eigenvalue weighted by Crippen LogP contribution is -2.23. The molecular formula is C12H10N2O2. The molecule has 0 saturated carbocycles. The van der Waals surface area contributed by atoms with Crippen LogP contribution in [0.4, 0.5) is 11.4 Å². The molecule has 0 amide bonds. The highest BCUT2D eigenvalue weighted by molar-refractivity contribution is 5.92. The summed E-state index contributed by atoms with van der Waals surface area (Å²) in [7, 11) is 0. The van der Waals surface area contributed by atoms with Crippen molar-refractivity contribution in [2.75, 3.05) is 10.2 Å². The third kappa shape index (κ3) is 1.20. The Morgan fingerprint density at radius 1 is 1.44 bits per heavy atom. The number of benzene rings is 1. The summed E-state index contributed by atoms with van der Waals surface area (Å²) < 4.78 is 0. The zero-order valence-corrected chi connectivity index (χ0v) is 8.47. The summed E-state index contributed by atoms with van der Waals surface area (Å²) in [5.74, 6) is -0.858. The molecule has 2 N–H and O–H groups in total. The summed E-state index contributed by atoms with van der Waals surface area (Å²) in [5, 5.41) is 12.2. The topological polar surface area (TPSA) is 52.6 Å². The first kappa shape index (κ1) is 9.03. The summed E-state index contributed by atoms with van der Waals surface area (Å²) in [4.78, 5) is 12.8. The van der Waals surface area contributed by atoms with Gasteiger partial charge in [-0.05, 0) is 11.6 Å². The van der Waals surface area contributed by atoms with Crippen LogP contribution in [0.3, 0.4) is 0 Å². The third-order valence-electron chi connectivity index (χ3n) is 2.80. The maximum absolute atomic E-state index is 11.0. The Labute approximate surface area is 92.5 Å². The predicted molar refractivity (Wildman–Crippen MR) is 61.1 cm³/mol. The number of nitrogens with one attached hydrogen (secondary N) is 1. The van der Waals surface area contributed by atoms with Gasteiger partial charge in [-0.1, -0.05) is 12.1 Å². The zero-order valence-electron chi connectivity index (χ0n) is 8.47. The van der Waals surface area contributed by atoms with Crippen LogP contribution in [0.1, 0.15) is 5.56 Å². The Balaban J connectivity index is 2.16. The van der Waals surface area contributed by atoms with Crippen LogP contribution in [0.2, 0.25) is 0 Å². The number of anilines is 2. The van der Waals surface area contributed by atoms with Crippen LogP contribution < -0.4 is 10.2 Å². The molecular weight excluding hydrogens is 204 g/mol. The molecule has 0 unspecified atom stereocenters. The second kappa shape index (κ2) is 3.13. The highest BCUT2D eigenvalue weighted by Gasteiger charge is 2.23. The van der Waals surface area contributed by atoms with Crippen LogP contribution in [-0.2, 0) is 11.2 Å². The van der Waals surface area contributed by atoms with Crippen LogP contribution in [0, 0.1) is 0 Å². The van der Waals surface area contributed by atoms with Gasteiger partial charge in [0.05, 0.1) is 16.9 Å². The minimum absolute atomic E-state index is 0.413. The molecule has 2 heterocycles. The van der Waals surface area contributed by atoms with E-state index in [-0.39, 0.29) is 0 Å². The summed E-state index contributed by atoms with van der Waals surface area (Å²) in [6, 6.07) is 5.88. The first-order valence-corrected chi connectivity index (χ1v) is 5.03. The Morgan fingerprint density at radius 2 is 2.31 bits per heavy atom. The quantitative estimate of drug-likeness (QED) is 0.749. The second-order valence-corrected chi connectivity index (χ2v) is 3.82. The van der Waals surface area contributed by atoms with Gasteiger partial charge in [-0.25, -0.2) is 4.79 Å². The van der Waals surface area contributed by atoms with E-state index in [0.29, 0.717) is 12.0 Å². The van der Waals surface area contributed by atoms with E-state index in [4.69, 9.17) is 5.11 Å². The molecule has 0 aromatic heterocycles. The number of hydrogen-bond acceptors (Lipinski definition) is 3. The van der Waals surface area contributed by atoms with E-state index in [1.165, 1.54) is 0 Å². The van der Waals surface area contributed by atoms with Crippen LogP contribution in [-0.4, -0.2) is 11.1 Å². The number of hydrogen-bond donors (Lipinski definition) is 2. The minimum Gasteiger partial charge on any atom is -0.478 e. The van der Waals surface area contributed by atoms with E-state index in [1.54, 1.807) is 12.4 Å². The molecule has 2 aliphatic heterocycles. The zero-order chi connectivity index (χ0) is 11.1. The van der Waals surface area contributed by atoms with Crippen molar-refractivity contribution in [1.29, 1.82) is 0 Å². The molecule has 2 aliphatic rings.